The molecule has 1 unspecified atom stereocenters. The third-order valence-electron chi connectivity index (χ3n) is 8.14. The van der Waals surface area contributed by atoms with Crippen LogP contribution in [0.5, 0.6) is 5.75 Å². The average Bonchev–Trinajstić information content (AvgIpc) is 3.48. The van der Waals surface area contributed by atoms with Crippen molar-refractivity contribution in [2.75, 3.05) is 31.5 Å². The molecule has 2 aliphatic rings. The summed E-state index contributed by atoms with van der Waals surface area (Å²) in [6.07, 6.45) is 7.15. The SMILES string of the molecule is C=CC(=O)N1CCC(c2c[nH]c3ncnc(Nc4ccc(OC5CCCN(S(=O)(=O)c6ccccc6)C5)cc4F)c23)CC1. The van der Waals surface area contributed by atoms with Gasteiger partial charge in [0.25, 0.3) is 0 Å². The van der Waals surface area contributed by atoms with Gasteiger partial charge in [-0.3, -0.25) is 4.79 Å². The van der Waals surface area contributed by atoms with E-state index in [4.69, 9.17) is 4.74 Å². The van der Waals surface area contributed by atoms with Gasteiger partial charge < -0.3 is 19.9 Å². The quantitative estimate of drug-likeness (QED) is 0.273. The number of hydrogen-bond acceptors (Lipinski definition) is 7. The van der Waals surface area contributed by atoms with Crippen molar-refractivity contribution in [3.8, 4) is 5.75 Å². The molecule has 10 nitrogen and oxygen atoms in total. The van der Waals surface area contributed by atoms with E-state index in [1.807, 2.05) is 6.20 Å². The summed E-state index contributed by atoms with van der Waals surface area (Å²) in [4.78, 5) is 26.0. The number of ether oxygens (including phenoxy) is 1. The molecule has 43 heavy (non-hydrogen) atoms. The molecule has 2 fully saturated rings. The number of likely N-dealkylation sites (tertiary alicyclic amines) is 1. The molecule has 2 aromatic heterocycles. The van der Waals surface area contributed by atoms with E-state index in [1.54, 1.807) is 47.4 Å². The first-order valence-corrected chi connectivity index (χ1v) is 15.8. The van der Waals surface area contributed by atoms with E-state index in [0.717, 1.165) is 23.8 Å². The van der Waals surface area contributed by atoms with Crippen LogP contribution in [0.4, 0.5) is 15.9 Å². The molecule has 0 saturated carbocycles. The molecule has 2 saturated heterocycles. The number of carbonyl (C=O) groups is 1. The highest BCUT2D eigenvalue weighted by atomic mass is 32.2. The number of fused-ring (bicyclic) bond motifs is 1. The fourth-order valence-corrected chi connectivity index (χ4v) is 7.43. The number of nitrogens with one attached hydrogen (secondary N) is 2. The Bertz CT molecular complexity index is 1740. The largest absolute Gasteiger partial charge is 0.489 e. The standard InChI is InChI=1S/C31H33FN6O4S/c1-2-28(39)37-15-12-21(13-16-37)25-18-33-30-29(25)31(35-20-34-30)36-27-11-10-22(17-26(27)32)42-23-7-6-14-38(19-23)43(40,41)24-8-4-3-5-9-24/h2-5,8-11,17-18,20-21,23H,1,6-7,12-16,19H2,(H2,33,34,35,36). The zero-order valence-corrected chi connectivity index (χ0v) is 24.4. The Hall–Kier alpha value is -4.29. The Morgan fingerprint density at radius 2 is 1.88 bits per heavy atom. The minimum atomic E-state index is -3.64. The molecular weight excluding hydrogens is 571 g/mol. The second-order valence-electron chi connectivity index (χ2n) is 10.8. The van der Waals surface area contributed by atoms with E-state index in [1.165, 1.54) is 22.8 Å². The van der Waals surface area contributed by atoms with Gasteiger partial charge in [-0.2, -0.15) is 4.31 Å². The summed E-state index contributed by atoms with van der Waals surface area (Å²) in [6, 6.07) is 12.9. The number of hydrogen-bond donors (Lipinski definition) is 2. The number of carbonyl (C=O) groups excluding carboxylic acids is 1. The molecule has 224 valence electrons. The van der Waals surface area contributed by atoms with Gasteiger partial charge in [-0.05, 0) is 67.5 Å². The van der Waals surface area contributed by atoms with Gasteiger partial charge in [0.05, 0.1) is 22.5 Å². The fraction of sp³-hybridized carbons (Fsp3) is 0.323. The van der Waals surface area contributed by atoms with Gasteiger partial charge >= 0.3 is 0 Å². The molecule has 2 aromatic carbocycles. The number of aromatic nitrogens is 3. The first-order valence-electron chi connectivity index (χ1n) is 14.3. The average molecular weight is 605 g/mol. The van der Waals surface area contributed by atoms with Crippen molar-refractivity contribution >= 4 is 38.5 Å². The van der Waals surface area contributed by atoms with Crippen molar-refractivity contribution < 1.29 is 22.3 Å². The van der Waals surface area contributed by atoms with Crippen LogP contribution in [0.1, 0.15) is 37.2 Å². The Morgan fingerprint density at radius 3 is 2.63 bits per heavy atom. The van der Waals surface area contributed by atoms with Crippen molar-refractivity contribution in [1.29, 1.82) is 0 Å². The second kappa shape index (κ2) is 12.1. The minimum absolute atomic E-state index is 0.0657. The molecule has 0 radical (unpaired) electrons. The molecule has 2 aliphatic heterocycles. The Labute approximate surface area is 249 Å². The zero-order valence-electron chi connectivity index (χ0n) is 23.6. The van der Waals surface area contributed by atoms with Crippen LogP contribution < -0.4 is 10.1 Å². The molecule has 0 bridgehead atoms. The first-order chi connectivity index (χ1) is 20.8. The highest BCUT2D eigenvalue weighted by Gasteiger charge is 2.31. The molecule has 1 atom stereocenters. The van der Waals surface area contributed by atoms with Gasteiger partial charge in [0, 0.05) is 31.9 Å². The zero-order chi connectivity index (χ0) is 30.0. The van der Waals surface area contributed by atoms with Gasteiger partial charge in [-0.1, -0.05) is 24.8 Å². The van der Waals surface area contributed by atoms with Crippen molar-refractivity contribution in [3.05, 3.63) is 85.1 Å². The van der Waals surface area contributed by atoms with Gasteiger partial charge in [-0.25, -0.2) is 22.8 Å². The van der Waals surface area contributed by atoms with Crippen LogP contribution in [0.3, 0.4) is 0 Å². The van der Waals surface area contributed by atoms with Crippen molar-refractivity contribution in [2.45, 2.75) is 42.6 Å². The number of H-pyrrole nitrogens is 1. The molecule has 1 amide bonds. The van der Waals surface area contributed by atoms with E-state index < -0.39 is 21.9 Å². The van der Waals surface area contributed by atoms with Crippen LogP contribution in [0, 0.1) is 5.82 Å². The topological polar surface area (TPSA) is 121 Å². The smallest absolute Gasteiger partial charge is 0.245 e. The number of benzene rings is 2. The van der Waals surface area contributed by atoms with Crippen LogP contribution >= 0.6 is 0 Å². The summed E-state index contributed by atoms with van der Waals surface area (Å²) >= 11 is 0. The summed E-state index contributed by atoms with van der Waals surface area (Å²) in [6.45, 7) is 5.44. The van der Waals surface area contributed by atoms with Crippen molar-refractivity contribution in [2.24, 2.45) is 0 Å². The van der Waals surface area contributed by atoms with E-state index in [2.05, 4.69) is 26.8 Å². The van der Waals surface area contributed by atoms with Crippen molar-refractivity contribution in [1.82, 2.24) is 24.2 Å². The Balaban J connectivity index is 1.15. The van der Waals surface area contributed by atoms with Gasteiger partial charge in [0.2, 0.25) is 15.9 Å². The fourth-order valence-electron chi connectivity index (χ4n) is 5.90. The summed E-state index contributed by atoms with van der Waals surface area (Å²) in [7, 11) is -3.64. The third-order valence-corrected chi connectivity index (χ3v) is 10.0. The Morgan fingerprint density at radius 1 is 1.09 bits per heavy atom. The van der Waals surface area contributed by atoms with Crippen LogP contribution in [0.25, 0.3) is 11.0 Å². The van der Waals surface area contributed by atoms with E-state index in [-0.39, 0.29) is 29.0 Å². The van der Waals surface area contributed by atoms with Crippen LogP contribution in [0.2, 0.25) is 0 Å². The molecular formula is C31H33FN6O4S. The second-order valence-corrected chi connectivity index (χ2v) is 12.8. The molecule has 4 aromatic rings. The molecule has 4 heterocycles. The number of nitrogens with zero attached hydrogens (tertiary/aromatic N) is 4. The predicted octanol–water partition coefficient (Wildman–Crippen LogP) is 4.96. The molecule has 2 N–H and O–H groups in total. The van der Waals surface area contributed by atoms with Gasteiger partial charge in [-0.15, -0.1) is 0 Å². The minimum Gasteiger partial charge on any atom is -0.489 e. The molecule has 12 heteroatoms. The van der Waals surface area contributed by atoms with Crippen LogP contribution in [-0.2, 0) is 14.8 Å². The summed E-state index contributed by atoms with van der Waals surface area (Å²) in [5, 5.41) is 3.92. The number of amides is 1. The number of anilines is 2. The van der Waals surface area contributed by atoms with Crippen LogP contribution in [-0.4, -0.2) is 70.8 Å². The number of aromatic amines is 1. The van der Waals surface area contributed by atoms with Crippen molar-refractivity contribution in [3.63, 3.8) is 0 Å². The molecule has 0 aliphatic carbocycles. The lowest BCUT2D eigenvalue weighted by Crippen LogP contribution is -2.44. The number of piperidine rings is 2. The summed E-state index contributed by atoms with van der Waals surface area (Å²) in [5.41, 5.74) is 1.89. The highest BCUT2D eigenvalue weighted by molar-refractivity contribution is 7.89. The number of halogens is 1. The number of sulfonamides is 1. The molecule has 0 spiro atoms. The van der Waals surface area contributed by atoms with E-state index in [9.17, 15) is 13.2 Å². The summed E-state index contributed by atoms with van der Waals surface area (Å²) in [5.74, 6) is 0.400. The lowest BCUT2D eigenvalue weighted by molar-refractivity contribution is -0.127. The predicted molar refractivity (Wildman–Crippen MR) is 161 cm³/mol. The molecule has 6 rings (SSSR count). The number of rotatable bonds is 8. The maximum atomic E-state index is 15.4. The van der Waals surface area contributed by atoms with E-state index >= 15 is 4.39 Å². The third kappa shape index (κ3) is 5.98. The lowest BCUT2D eigenvalue weighted by Gasteiger charge is -2.32. The monoisotopic (exact) mass is 604 g/mol. The highest BCUT2D eigenvalue weighted by Crippen LogP contribution is 2.37. The van der Waals surface area contributed by atoms with Gasteiger partial charge in [0.1, 0.15) is 35.5 Å². The Kier molecular flexibility index (Phi) is 8.13. The maximum absolute atomic E-state index is 15.4. The van der Waals surface area contributed by atoms with Crippen LogP contribution in [0.15, 0.2) is 78.6 Å². The van der Waals surface area contributed by atoms with E-state index in [0.29, 0.717) is 49.7 Å². The lowest BCUT2D eigenvalue weighted by atomic mass is 9.89. The van der Waals surface area contributed by atoms with Gasteiger partial charge in [0.15, 0.2) is 0 Å². The first kappa shape index (κ1) is 28.8. The summed E-state index contributed by atoms with van der Waals surface area (Å²) < 4.78 is 49.0. The normalized spacial score (nSPS) is 18.4. The maximum Gasteiger partial charge on any atom is 0.245 e.